The van der Waals surface area contributed by atoms with Crippen molar-refractivity contribution in [3.8, 4) is 0 Å². The monoisotopic (exact) mass is 504 g/mol. The number of carbonyl (C=O) groups excluding carboxylic acids is 3. The minimum atomic E-state index is -1.07. The molecule has 2 amide bonds. The van der Waals surface area contributed by atoms with Crippen molar-refractivity contribution in [2.24, 2.45) is 11.8 Å². The highest BCUT2D eigenvalue weighted by molar-refractivity contribution is 5.98. The summed E-state index contributed by atoms with van der Waals surface area (Å²) < 4.78 is 12.3. The first kappa shape index (κ1) is 28.4. The maximum absolute atomic E-state index is 14.2. The molecule has 0 aromatic heterocycles. The third kappa shape index (κ3) is 4.99. The van der Waals surface area contributed by atoms with Gasteiger partial charge in [-0.05, 0) is 58.8 Å². The number of aliphatic hydroxyl groups excluding tert-OH is 1. The van der Waals surface area contributed by atoms with E-state index >= 15 is 0 Å². The number of unbranched alkanes of at least 4 members (excludes halogenated alkanes) is 2. The zero-order valence-corrected chi connectivity index (χ0v) is 22.2. The summed E-state index contributed by atoms with van der Waals surface area (Å²) in [5, 5.41) is 9.50. The largest absolute Gasteiger partial charge is 0.465 e. The molecule has 36 heavy (non-hydrogen) atoms. The van der Waals surface area contributed by atoms with Gasteiger partial charge in [0.25, 0.3) is 0 Å². The average Bonchev–Trinajstić information content (AvgIpc) is 3.41. The van der Waals surface area contributed by atoms with E-state index in [0.717, 1.165) is 32.1 Å². The third-order valence-electron chi connectivity index (χ3n) is 8.22. The van der Waals surface area contributed by atoms with Gasteiger partial charge in [-0.15, -0.1) is 13.2 Å². The molecule has 1 spiro atoms. The van der Waals surface area contributed by atoms with Gasteiger partial charge >= 0.3 is 5.97 Å². The second-order valence-corrected chi connectivity index (χ2v) is 10.7. The topological polar surface area (TPSA) is 96.4 Å². The second kappa shape index (κ2) is 11.9. The van der Waals surface area contributed by atoms with Crippen LogP contribution in [0.2, 0.25) is 0 Å². The molecule has 3 aliphatic rings. The Kier molecular flexibility index (Phi) is 9.39. The highest BCUT2D eigenvalue weighted by atomic mass is 16.6. The van der Waals surface area contributed by atoms with E-state index in [4.69, 9.17) is 9.47 Å². The van der Waals surface area contributed by atoms with E-state index < -0.39 is 35.0 Å². The van der Waals surface area contributed by atoms with E-state index in [1.54, 1.807) is 15.9 Å². The van der Waals surface area contributed by atoms with Crippen LogP contribution in [0.15, 0.2) is 25.3 Å². The molecule has 2 bridgehead atoms. The normalized spacial score (nSPS) is 31.3. The maximum Gasteiger partial charge on any atom is 0.312 e. The van der Waals surface area contributed by atoms with Crippen LogP contribution in [0.1, 0.15) is 72.1 Å². The van der Waals surface area contributed by atoms with Crippen molar-refractivity contribution in [2.75, 3.05) is 26.3 Å². The number of esters is 1. The quantitative estimate of drug-likeness (QED) is 0.209. The molecule has 3 rings (SSSR count). The Balaban J connectivity index is 1.94. The van der Waals surface area contributed by atoms with E-state index in [-0.39, 0.29) is 37.6 Å². The van der Waals surface area contributed by atoms with Crippen molar-refractivity contribution in [2.45, 2.75) is 95.4 Å². The first-order valence-electron chi connectivity index (χ1n) is 13.5. The fraction of sp³-hybridized carbons (Fsp3) is 0.750. The van der Waals surface area contributed by atoms with Crippen LogP contribution >= 0.6 is 0 Å². The lowest BCUT2D eigenvalue weighted by Gasteiger charge is -2.39. The number of carbonyl (C=O) groups is 3. The molecule has 8 nitrogen and oxygen atoms in total. The van der Waals surface area contributed by atoms with Gasteiger partial charge in [0.05, 0.1) is 18.1 Å². The van der Waals surface area contributed by atoms with Crippen molar-refractivity contribution in [1.82, 2.24) is 9.80 Å². The number of hydrogen-bond donors (Lipinski definition) is 1. The van der Waals surface area contributed by atoms with Gasteiger partial charge in [0, 0.05) is 25.7 Å². The standard InChI is InChI=1S/C28H44N2O6/c1-6-9-10-11-19-35-26(34)22-21-24(32)30(17-12-18-31)23(28(21)15-14-27(22,5)36-28)25(33)29(16-8-3)20(4)13-7-2/h6,8,20-23,31H,1,3,7,9-19H2,2,4-5H3/t20?,21-,22+,23?,27-,28?/m0/s1. The van der Waals surface area contributed by atoms with Crippen LogP contribution in [-0.2, 0) is 23.9 Å². The Labute approximate surface area is 215 Å². The first-order valence-corrected chi connectivity index (χ1v) is 13.5. The number of ether oxygens (including phenoxy) is 2. The van der Waals surface area contributed by atoms with Crippen molar-refractivity contribution in [3.05, 3.63) is 25.3 Å². The molecule has 0 radical (unpaired) electrons. The molecule has 3 heterocycles. The number of rotatable bonds is 15. The molecule has 3 fully saturated rings. The summed E-state index contributed by atoms with van der Waals surface area (Å²) in [6.07, 6.45) is 9.19. The molecule has 8 heteroatoms. The van der Waals surface area contributed by atoms with Crippen molar-refractivity contribution in [1.29, 1.82) is 0 Å². The summed E-state index contributed by atoms with van der Waals surface area (Å²) in [6.45, 7) is 14.3. The van der Waals surface area contributed by atoms with Gasteiger partial charge in [-0.1, -0.05) is 25.5 Å². The average molecular weight is 505 g/mol. The zero-order valence-electron chi connectivity index (χ0n) is 22.2. The SMILES string of the molecule is C=CCCCCOC(=O)[C@H]1[C@H]2C(=O)N(CCCO)C(C(=O)N(CC=C)C(C)CCC)C23CC[C@]1(C)O3. The van der Waals surface area contributed by atoms with Gasteiger partial charge in [0.1, 0.15) is 17.6 Å². The number of nitrogens with zero attached hydrogens (tertiary/aromatic N) is 2. The lowest BCUT2D eigenvalue weighted by molar-refractivity contribution is -0.160. The fourth-order valence-corrected chi connectivity index (χ4v) is 6.55. The van der Waals surface area contributed by atoms with Crippen LogP contribution in [0.4, 0.5) is 0 Å². The minimum Gasteiger partial charge on any atom is -0.465 e. The lowest BCUT2D eigenvalue weighted by atomic mass is 9.66. The van der Waals surface area contributed by atoms with Gasteiger partial charge in [0.2, 0.25) is 11.8 Å². The Morgan fingerprint density at radius 3 is 2.67 bits per heavy atom. The number of hydrogen-bond acceptors (Lipinski definition) is 6. The van der Waals surface area contributed by atoms with E-state index in [9.17, 15) is 19.5 Å². The molecular weight excluding hydrogens is 460 g/mol. The van der Waals surface area contributed by atoms with Crippen molar-refractivity contribution < 1.29 is 29.0 Å². The summed E-state index contributed by atoms with van der Waals surface area (Å²) in [7, 11) is 0. The van der Waals surface area contributed by atoms with Gasteiger partial charge in [-0.3, -0.25) is 14.4 Å². The molecule has 0 saturated carbocycles. The third-order valence-corrected chi connectivity index (χ3v) is 8.22. The highest BCUT2D eigenvalue weighted by Crippen LogP contribution is 2.63. The first-order chi connectivity index (χ1) is 17.2. The number of aliphatic hydroxyl groups is 1. The Bertz CT molecular complexity index is 846. The van der Waals surface area contributed by atoms with Gasteiger partial charge in [0.15, 0.2) is 0 Å². The number of amides is 2. The molecular formula is C28H44N2O6. The van der Waals surface area contributed by atoms with Gasteiger partial charge in [-0.2, -0.15) is 0 Å². The molecule has 0 aliphatic carbocycles. The van der Waals surface area contributed by atoms with E-state index in [1.807, 2.05) is 19.9 Å². The maximum atomic E-state index is 14.2. The molecule has 1 N–H and O–H groups in total. The number of fused-ring (bicyclic) bond motifs is 1. The van der Waals surface area contributed by atoms with Crippen LogP contribution < -0.4 is 0 Å². The Morgan fingerprint density at radius 2 is 2.03 bits per heavy atom. The molecule has 3 unspecified atom stereocenters. The van der Waals surface area contributed by atoms with Gasteiger partial charge in [-0.25, -0.2) is 0 Å². The van der Waals surface area contributed by atoms with Crippen LogP contribution in [-0.4, -0.2) is 82.3 Å². The van der Waals surface area contributed by atoms with Gasteiger partial charge < -0.3 is 24.4 Å². The number of likely N-dealkylation sites (tertiary alicyclic amines) is 1. The summed E-state index contributed by atoms with van der Waals surface area (Å²) in [6, 6.07) is -0.871. The van der Waals surface area contributed by atoms with E-state index in [0.29, 0.717) is 25.8 Å². The Morgan fingerprint density at radius 1 is 1.28 bits per heavy atom. The molecule has 3 saturated heterocycles. The zero-order chi connectivity index (χ0) is 26.5. The van der Waals surface area contributed by atoms with Crippen LogP contribution in [0, 0.1) is 11.8 Å². The summed E-state index contributed by atoms with van der Waals surface area (Å²) >= 11 is 0. The second-order valence-electron chi connectivity index (χ2n) is 10.7. The van der Waals surface area contributed by atoms with Crippen molar-refractivity contribution >= 4 is 17.8 Å². The molecule has 0 aromatic rings. The summed E-state index contributed by atoms with van der Waals surface area (Å²) in [5.41, 5.74) is -1.92. The summed E-state index contributed by atoms with van der Waals surface area (Å²) in [5.74, 6) is -2.37. The predicted molar refractivity (Wildman–Crippen MR) is 137 cm³/mol. The van der Waals surface area contributed by atoms with Crippen LogP contribution in [0.3, 0.4) is 0 Å². The highest BCUT2D eigenvalue weighted by Gasteiger charge is 2.78. The van der Waals surface area contributed by atoms with Crippen molar-refractivity contribution in [3.63, 3.8) is 0 Å². The van der Waals surface area contributed by atoms with E-state index in [1.165, 1.54) is 0 Å². The minimum absolute atomic E-state index is 0.0312. The summed E-state index contributed by atoms with van der Waals surface area (Å²) in [4.78, 5) is 44.7. The lowest BCUT2D eigenvalue weighted by Crippen LogP contribution is -2.58. The van der Waals surface area contributed by atoms with E-state index in [2.05, 4.69) is 20.1 Å². The number of allylic oxidation sites excluding steroid dienone is 1. The molecule has 6 atom stereocenters. The molecule has 202 valence electrons. The van der Waals surface area contributed by atoms with Crippen LogP contribution in [0.5, 0.6) is 0 Å². The van der Waals surface area contributed by atoms with Crippen LogP contribution in [0.25, 0.3) is 0 Å². The smallest absolute Gasteiger partial charge is 0.312 e. The fourth-order valence-electron chi connectivity index (χ4n) is 6.55. The molecule has 0 aromatic carbocycles. The predicted octanol–water partition coefficient (Wildman–Crippen LogP) is 3.24. The molecule has 3 aliphatic heterocycles. The Hall–Kier alpha value is -2.19.